The molecule has 6 heterocycles. The van der Waals surface area contributed by atoms with Gasteiger partial charge in [-0.25, -0.2) is 0 Å². The SMILES string of the molecule is c1ccc(-c2cccc(N(c3ccc4c(c3)Oc3ccccc3N4c3ccc4c(c3)sc3ccccc34)c3ccc4ccccc4c3)c2)cc1.c1ccc(-c2ccccc2N(c2ccc3c(c2)Oc2ccccc2N3c2ccc3c(c2)sc2ccccc23)c2ccc3ccccc3c2)cc1.c1ccc2c(c1)Oc1cc(N(c3ccc4ccccc4c3)c3cccc4ccccc34)ccc1N2c1ccc2c(c1)sc1ccccc12. The summed E-state index contributed by atoms with van der Waals surface area (Å²) < 4.78 is 27.9. The standard InChI is InChI=1S/2C46H30N2OS.C44H28N2OS/c1-2-11-31(12-3-1)34-15-10-16-35(27-34)47(36-22-21-32-13-4-5-14-33(32)28-36)37-24-26-42-44(29-37)49-43-19-8-7-18-41(43)48(42)38-23-25-40-39-17-6-9-20-45(39)50-46(40)30-38;1-2-13-32(14-3-1)37-16-6-8-18-40(37)47(34-23-22-31-12-4-5-15-33(31)28-34)35-25-27-42-44(29-35)49-43-20-10-9-19-41(43)48(42)36-24-26-39-38-17-7-11-21-45(38)50-46(39)30-36;1-2-12-31-26-32(21-20-29(31)10-1)45(38-17-9-13-30-11-3-4-14-35(30)38)33-23-25-40-42(27-33)47-41-18-7-6-16-39(41)46(40)34-22-24-37-36-15-5-8-19-43(36)48-44(37)28-34/h2*1-30H;1-28H. The summed E-state index contributed by atoms with van der Waals surface area (Å²) in [5.41, 5.74) is 23.7. The van der Waals surface area contributed by atoms with Crippen molar-refractivity contribution >= 4 is 240 Å². The van der Waals surface area contributed by atoms with Crippen LogP contribution in [0, 0.1) is 0 Å². The number of benzene rings is 24. The van der Waals surface area contributed by atoms with E-state index in [4.69, 9.17) is 14.2 Å². The number of thiophene rings is 3. The lowest BCUT2D eigenvalue weighted by Crippen LogP contribution is -2.17. The van der Waals surface area contributed by atoms with Crippen LogP contribution in [0.5, 0.6) is 34.5 Å². The largest absolute Gasteiger partial charge is 0.453 e. The monoisotopic (exact) mass is 1950 g/mol. The average Bonchev–Trinajstić information content (AvgIpc) is 1.17. The summed E-state index contributed by atoms with van der Waals surface area (Å²) >= 11 is 5.52. The molecule has 0 spiro atoms. The van der Waals surface area contributed by atoms with Crippen LogP contribution in [0.3, 0.4) is 0 Å². The highest BCUT2D eigenvalue weighted by Gasteiger charge is 2.34. The molecule has 0 amide bonds. The Hall–Kier alpha value is -18.8. The van der Waals surface area contributed by atoms with E-state index in [-0.39, 0.29) is 0 Å². The molecule has 148 heavy (non-hydrogen) atoms. The van der Waals surface area contributed by atoms with Crippen LogP contribution in [0.4, 0.5) is 102 Å². The van der Waals surface area contributed by atoms with Gasteiger partial charge in [0.05, 0.1) is 56.9 Å². The van der Waals surface area contributed by atoms with Crippen LogP contribution in [0.25, 0.3) is 126 Å². The van der Waals surface area contributed by atoms with Gasteiger partial charge in [0.2, 0.25) is 0 Å². The summed E-state index contributed by atoms with van der Waals surface area (Å²) in [6.45, 7) is 0. The second-order valence-corrected chi connectivity index (χ2v) is 40.7. The minimum Gasteiger partial charge on any atom is -0.453 e. The predicted molar refractivity (Wildman–Crippen MR) is 627 cm³/mol. The summed E-state index contributed by atoms with van der Waals surface area (Å²) in [5, 5.41) is 17.4. The zero-order valence-corrected chi connectivity index (χ0v) is 82.4. The Kier molecular flexibility index (Phi) is 21.7. The van der Waals surface area contributed by atoms with Crippen molar-refractivity contribution in [1.82, 2.24) is 0 Å². The molecule has 3 aliphatic rings. The molecule has 24 aromatic carbocycles. The van der Waals surface area contributed by atoms with Crippen molar-refractivity contribution in [2.75, 3.05) is 29.4 Å². The Balaban J connectivity index is 0.000000107. The molecular formula is C136H88N6O3S3. The number of rotatable bonds is 14. The first-order chi connectivity index (χ1) is 73.3. The molecule has 9 nitrogen and oxygen atoms in total. The molecular weight excluding hydrogens is 1860 g/mol. The number of hydrogen-bond acceptors (Lipinski definition) is 12. The number of anilines is 18. The van der Waals surface area contributed by atoms with Crippen LogP contribution in [0.1, 0.15) is 0 Å². The molecule has 0 atom stereocenters. The van der Waals surface area contributed by atoms with Gasteiger partial charge in [0.25, 0.3) is 0 Å². The third-order valence-corrected chi connectivity index (χ3v) is 32.0. The van der Waals surface area contributed by atoms with E-state index in [2.05, 4.69) is 545 Å². The summed E-state index contributed by atoms with van der Waals surface area (Å²) in [7, 11) is 0. The van der Waals surface area contributed by atoms with Gasteiger partial charge in [-0.15, -0.1) is 34.0 Å². The smallest absolute Gasteiger partial charge is 0.153 e. The van der Waals surface area contributed by atoms with Gasteiger partial charge < -0.3 is 43.6 Å². The van der Waals surface area contributed by atoms with Crippen LogP contribution in [0.2, 0.25) is 0 Å². The molecule has 0 saturated carbocycles. The van der Waals surface area contributed by atoms with Crippen molar-refractivity contribution < 1.29 is 14.2 Å². The molecule has 0 fully saturated rings. The maximum absolute atomic E-state index is 6.75. The van der Waals surface area contributed by atoms with E-state index in [9.17, 15) is 0 Å². The minimum absolute atomic E-state index is 0.806. The van der Waals surface area contributed by atoms with Gasteiger partial charge in [-0.3, -0.25) is 0 Å². The molecule has 698 valence electrons. The predicted octanol–water partition coefficient (Wildman–Crippen LogP) is 41.2. The highest BCUT2D eigenvalue weighted by Crippen LogP contribution is 2.59. The lowest BCUT2D eigenvalue weighted by atomic mass is 10.0. The van der Waals surface area contributed by atoms with Gasteiger partial charge in [0.1, 0.15) is 0 Å². The second kappa shape index (κ2) is 36.9. The van der Waals surface area contributed by atoms with Gasteiger partial charge in [0, 0.05) is 135 Å². The molecule has 0 radical (unpaired) electrons. The van der Waals surface area contributed by atoms with Crippen LogP contribution in [-0.2, 0) is 0 Å². The first-order valence-electron chi connectivity index (χ1n) is 49.9. The number of ether oxygens (including phenoxy) is 3. The first-order valence-corrected chi connectivity index (χ1v) is 52.3. The van der Waals surface area contributed by atoms with E-state index >= 15 is 0 Å². The van der Waals surface area contributed by atoms with Gasteiger partial charge in [-0.05, 0) is 242 Å². The van der Waals surface area contributed by atoms with Gasteiger partial charge in [-0.2, -0.15) is 0 Å². The Labute approximate surface area is 867 Å². The van der Waals surface area contributed by atoms with Crippen molar-refractivity contribution in [3.05, 3.63) is 534 Å². The fraction of sp³-hybridized carbons (Fsp3) is 0. The molecule has 0 aliphatic carbocycles. The van der Waals surface area contributed by atoms with E-state index in [0.717, 1.165) is 142 Å². The number of nitrogens with zero attached hydrogens (tertiary/aromatic N) is 6. The number of hydrogen-bond donors (Lipinski definition) is 0. The van der Waals surface area contributed by atoms with E-state index in [1.165, 1.54) is 120 Å². The second-order valence-electron chi connectivity index (χ2n) is 37.4. The van der Waals surface area contributed by atoms with Crippen molar-refractivity contribution in [2.24, 2.45) is 0 Å². The Morgan fingerprint density at radius 1 is 0.155 bits per heavy atom. The minimum atomic E-state index is 0.806. The summed E-state index contributed by atoms with van der Waals surface area (Å²) in [6.07, 6.45) is 0. The summed E-state index contributed by atoms with van der Waals surface area (Å²) in [4.78, 5) is 14.0. The molecule has 3 aliphatic heterocycles. The van der Waals surface area contributed by atoms with Gasteiger partial charge in [-0.1, -0.05) is 328 Å². The van der Waals surface area contributed by atoms with E-state index in [1.54, 1.807) is 0 Å². The van der Waals surface area contributed by atoms with Crippen LogP contribution in [-0.4, -0.2) is 0 Å². The van der Waals surface area contributed by atoms with E-state index in [1.807, 2.05) is 52.2 Å². The zero-order valence-electron chi connectivity index (χ0n) is 79.9. The quantitative estimate of drug-likeness (QED) is 0.106. The van der Waals surface area contributed by atoms with Crippen molar-refractivity contribution in [3.63, 3.8) is 0 Å². The zero-order chi connectivity index (χ0) is 97.6. The average molecular weight is 1950 g/mol. The van der Waals surface area contributed by atoms with Crippen LogP contribution >= 0.6 is 34.0 Å². The molecule has 0 bridgehead atoms. The highest BCUT2D eigenvalue weighted by atomic mass is 32.1. The normalized spacial score (nSPS) is 12.2. The Morgan fingerprint density at radius 2 is 0.453 bits per heavy atom. The van der Waals surface area contributed by atoms with Gasteiger partial charge in [0.15, 0.2) is 34.5 Å². The van der Waals surface area contributed by atoms with Gasteiger partial charge >= 0.3 is 0 Å². The molecule has 3 aromatic heterocycles. The highest BCUT2D eigenvalue weighted by molar-refractivity contribution is 7.26. The Morgan fingerprint density at radius 3 is 0.905 bits per heavy atom. The fourth-order valence-electron chi connectivity index (χ4n) is 21.7. The number of para-hydroxylation sites is 7. The van der Waals surface area contributed by atoms with Crippen LogP contribution in [0.15, 0.2) is 534 Å². The topological polar surface area (TPSA) is 47.1 Å². The van der Waals surface area contributed by atoms with E-state index < -0.39 is 0 Å². The van der Waals surface area contributed by atoms with E-state index in [0.29, 0.717) is 0 Å². The van der Waals surface area contributed by atoms with Crippen molar-refractivity contribution in [2.45, 2.75) is 0 Å². The molecule has 30 rings (SSSR count). The molecule has 12 heteroatoms. The third-order valence-electron chi connectivity index (χ3n) is 28.6. The maximum atomic E-state index is 6.75. The molecule has 0 N–H and O–H groups in total. The molecule has 0 unspecified atom stereocenters. The molecule has 0 saturated heterocycles. The lowest BCUT2D eigenvalue weighted by Gasteiger charge is -2.34. The summed E-state index contributed by atoms with van der Waals surface area (Å²) in [6, 6.07) is 191. The Bertz CT molecular complexity index is 9900. The summed E-state index contributed by atoms with van der Waals surface area (Å²) in [5.74, 6) is 4.92. The maximum Gasteiger partial charge on any atom is 0.153 e. The van der Waals surface area contributed by atoms with Crippen molar-refractivity contribution in [1.29, 1.82) is 0 Å². The van der Waals surface area contributed by atoms with Crippen molar-refractivity contribution in [3.8, 4) is 56.8 Å². The third kappa shape index (κ3) is 15.7. The first kappa shape index (κ1) is 87.0. The van der Waals surface area contributed by atoms with Crippen LogP contribution < -0.4 is 43.6 Å². The fourth-order valence-corrected chi connectivity index (χ4v) is 25.1. The lowest BCUT2D eigenvalue weighted by molar-refractivity contribution is 0.477. The number of fused-ring (bicyclic) bond motifs is 19. The molecule has 27 aromatic rings.